The van der Waals surface area contributed by atoms with Crippen molar-refractivity contribution in [1.82, 2.24) is 15.5 Å². The van der Waals surface area contributed by atoms with E-state index in [1.54, 1.807) is 11.9 Å². The molecule has 0 aliphatic carbocycles. The number of likely N-dealkylation sites (N-methyl/N-ethyl adjacent to an activating group) is 1. The number of carbonyl (C=O) groups excluding carboxylic acids is 2. The van der Waals surface area contributed by atoms with Gasteiger partial charge in [0.05, 0.1) is 25.9 Å². The Kier molecular flexibility index (Phi) is 7.45. The molecule has 3 amide bonds. The third-order valence-electron chi connectivity index (χ3n) is 3.41. The zero-order valence-electron chi connectivity index (χ0n) is 13.3. The number of rotatable bonds is 6. The summed E-state index contributed by atoms with van der Waals surface area (Å²) in [4.78, 5) is 25.8. The molecule has 7 nitrogen and oxygen atoms in total. The van der Waals surface area contributed by atoms with Crippen molar-refractivity contribution < 1.29 is 19.1 Å². The fraction of sp³-hybridized carbons (Fsp3) is 0.857. The van der Waals surface area contributed by atoms with Gasteiger partial charge in [-0.25, -0.2) is 4.79 Å². The normalized spacial score (nSPS) is 20.2. The highest BCUT2D eigenvalue weighted by atomic mass is 16.5. The lowest BCUT2D eigenvalue weighted by Crippen LogP contribution is -2.56. The van der Waals surface area contributed by atoms with Crippen LogP contribution in [0.15, 0.2) is 0 Å². The molecule has 1 heterocycles. The maximum atomic E-state index is 12.3. The quantitative estimate of drug-likeness (QED) is 0.735. The zero-order chi connectivity index (χ0) is 15.8. The minimum Gasteiger partial charge on any atom is -0.379 e. The van der Waals surface area contributed by atoms with E-state index in [1.165, 1.54) is 0 Å². The summed E-state index contributed by atoms with van der Waals surface area (Å²) in [6, 6.07) is -0.766. The average Bonchev–Trinajstić information content (AvgIpc) is 2.49. The van der Waals surface area contributed by atoms with E-state index in [-0.39, 0.29) is 24.0 Å². The van der Waals surface area contributed by atoms with Crippen LogP contribution in [0.1, 0.15) is 20.8 Å². The molecule has 21 heavy (non-hydrogen) atoms. The molecule has 0 radical (unpaired) electrons. The predicted octanol–water partition coefficient (Wildman–Crippen LogP) is 0.204. The highest BCUT2D eigenvalue weighted by Crippen LogP contribution is 2.08. The van der Waals surface area contributed by atoms with Gasteiger partial charge in [0.15, 0.2) is 0 Å². The molecule has 1 saturated heterocycles. The second-order valence-electron chi connectivity index (χ2n) is 5.38. The van der Waals surface area contributed by atoms with Gasteiger partial charge in [-0.1, -0.05) is 13.8 Å². The molecule has 0 aromatic rings. The summed E-state index contributed by atoms with van der Waals surface area (Å²) in [5.41, 5.74) is 0. The molecule has 122 valence electrons. The van der Waals surface area contributed by atoms with Crippen LogP contribution in [0.2, 0.25) is 0 Å². The Hall–Kier alpha value is -1.34. The third kappa shape index (κ3) is 5.51. The van der Waals surface area contributed by atoms with Crippen molar-refractivity contribution in [3.8, 4) is 0 Å². The first-order valence-corrected chi connectivity index (χ1v) is 7.46. The number of nitrogens with one attached hydrogen (secondary N) is 2. The molecule has 1 rings (SSSR count). The fourth-order valence-electron chi connectivity index (χ4n) is 2.17. The molecule has 1 unspecified atom stereocenters. The number of hydrogen-bond donors (Lipinski definition) is 2. The topological polar surface area (TPSA) is 79.9 Å². The Morgan fingerprint density at radius 1 is 1.43 bits per heavy atom. The van der Waals surface area contributed by atoms with Crippen LogP contribution in [0.5, 0.6) is 0 Å². The van der Waals surface area contributed by atoms with Crippen LogP contribution in [0.25, 0.3) is 0 Å². The van der Waals surface area contributed by atoms with Gasteiger partial charge in [-0.2, -0.15) is 0 Å². The number of nitrogens with zero attached hydrogens (tertiary/aromatic N) is 1. The molecule has 0 saturated carbocycles. The summed E-state index contributed by atoms with van der Waals surface area (Å²) < 4.78 is 10.9. The SMILES string of the molecule is CCOCC1CN(C(=O)N[C@H](C(=O)NC)C(C)C)CCO1. The molecule has 0 bridgehead atoms. The van der Waals surface area contributed by atoms with E-state index in [4.69, 9.17) is 9.47 Å². The van der Waals surface area contributed by atoms with Crippen molar-refractivity contribution in [3.05, 3.63) is 0 Å². The average molecular weight is 301 g/mol. The van der Waals surface area contributed by atoms with Crippen LogP contribution in [-0.2, 0) is 14.3 Å². The van der Waals surface area contributed by atoms with Gasteiger partial charge < -0.3 is 25.0 Å². The van der Waals surface area contributed by atoms with Gasteiger partial charge in [0.1, 0.15) is 6.04 Å². The molecular formula is C14H27N3O4. The van der Waals surface area contributed by atoms with E-state index < -0.39 is 6.04 Å². The lowest BCUT2D eigenvalue weighted by molar-refractivity contribution is -0.123. The molecule has 7 heteroatoms. The second-order valence-corrected chi connectivity index (χ2v) is 5.38. The first kappa shape index (κ1) is 17.7. The van der Waals surface area contributed by atoms with Crippen molar-refractivity contribution in [1.29, 1.82) is 0 Å². The summed E-state index contributed by atoms with van der Waals surface area (Å²) in [5.74, 6) is -0.161. The Morgan fingerprint density at radius 3 is 2.71 bits per heavy atom. The van der Waals surface area contributed by atoms with Gasteiger partial charge in [0.2, 0.25) is 5.91 Å². The van der Waals surface area contributed by atoms with E-state index >= 15 is 0 Å². The van der Waals surface area contributed by atoms with Crippen LogP contribution < -0.4 is 10.6 Å². The molecule has 0 spiro atoms. The number of hydrogen-bond acceptors (Lipinski definition) is 4. The van der Waals surface area contributed by atoms with E-state index in [0.29, 0.717) is 32.9 Å². The smallest absolute Gasteiger partial charge is 0.318 e. The molecule has 1 fully saturated rings. The molecule has 2 N–H and O–H groups in total. The Balaban J connectivity index is 2.54. The highest BCUT2D eigenvalue weighted by molar-refractivity contribution is 5.87. The van der Waals surface area contributed by atoms with Gasteiger partial charge in [0, 0.05) is 20.2 Å². The van der Waals surface area contributed by atoms with Crippen LogP contribution in [0.4, 0.5) is 4.79 Å². The minimum absolute atomic E-state index is 0.0224. The van der Waals surface area contributed by atoms with E-state index in [9.17, 15) is 9.59 Å². The summed E-state index contributed by atoms with van der Waals surface area (Å²) >= 11 is 0. The van der Waals surface area contributed by atoms with Gasteiger partial charge in [-0.05, 0) is 12.8 Å². The lowest BCUT2D eigenvalue weighted by Gasteiger charge is -2.34. The minimum atomic E-state index is -0.532. The summed E-state index contributed by atoms with van der Waals surface area (Å²) in [5, 5.41) is 5.37. The number of urea groups is 1. The number of morpholine rings is 1. The highest BCUT2D eigenvalue weighted by Gasteiger charge is 2.29. The lowest BCUT2D eigenvalue weighted by atomic mass is 10.0. The molecule has 0 aromatic carbocycles. The third-order valence-corrected chi connectivity index (χ3v) is 3.41. The van der Waals surface area contributed by atoms with Gasteiger partial charge in [-0.3, -0.25) is 4.79 Å². The number of carbonyl (C=O) groups is 2. The van der Waals surface area contributed by atoms with E-state index in [2.05, 4.69) is 10.6 Å². The standard InChI is InChI=1S/C14H27N3O4/c1-5-20-9-11-8-17(6-7-21-11)14(19)16-12(10(2)3)13(18)15-4/h10-12H,5-9H2,1-4H3,(H,15,18)(H,16,19)/t11?,12-/m0/s1. The largest absolute Gasteiger partial charge is 0.379 e. The second kappa shape index (κ2) is 8.84. The maximum absolute atomic E-state index is 12.3. The number of amides is 3. The first-order chi connectivity index (χ1) is 9.99. The first-order valence-electron chi connectivity index (χ1n) is 7.46. The Bertz CT molecular complexity index is 349. The molecule has 0 aromatic heterocycles. The van der Waals surface area contributed by atoms with E-state index in [0.717, 1.165) is 0 Å². The maximum Gasteiger partial charge on any atom is 0.318 e. The van der Waals surface area contributed by atoms with Crippen molar-refractivity contribution in [2.75, 3.05) is 40.0 Å². The molecular weight excluding hydrogens is 274 g/mol. The number of ether oxygens (including phenoxy) is 2. The van der Waals surface area contributed by atoms with E-state index in [1.807, 2.05) is 20.8 Å². The predicted molar refractivity (Wildman–Crippen MR) is 79.0 cm³/mol. The molecule has 1 aliphatic rings. The van der Waals surface area contributed by atoms with Crippen molar-refractivity contribution >= 4 is 11.9 Å². The zero-order valence-corrected chi connectivity index (χ0v) is 13.3. The van der Waals surface area contributed by atoms with Gasteiger partial charge in [0.25, 0.3) is 0 Å². The van der Waals surface area contributed by atoms with Crippen molar-refractivity contribution in [2.45, 2.75) is 32.9 Å². The van der Waals surface area contributed by atoms with Crippen molar-refractivity contribution in [2.24, 2.45) is 5.92 Å². The summed E-state index contributed by atoms with van der Waals surface area (Å²) in [6.07, 6.45) is -0.109. The fourth-order valence-corrected chi connectivity index (χ4v) is 2.17. The van der Waals surface area contributed by atoms with Crippen LogP contribution in [0, 0.1) is 5.92 Å². The van der Waals surface area contributed by atoms with Crippen molar-refractivity contribution in [3.63, 3.8) is 0 Å². The molecule has 2 atom stereocenters. The molecule has 1 aliphatic heterocycles. The summed E-state index contributed by atoms with van der Waals surface area (Å²) in [7, 11) is 1.57. The summed E-state index contributed by atoms with van der Waals surface area (Å²) in [6.45, 7) is 8.30. The Morgan fingerprint density at radius 2 is 2.14 bits per heavy atom. The van der Waals surface area contributed by atoms with Gasteiger partial charge >= 0.3 is 6.03 Å². The Labute approximate surface area is 126 Å². The monoisotopic (exact) mass is 301 g/mol. The van der Waals surface area contributed by atoms with Crippen LogP contribution in [0.3, 0.4) is 0 Å². The van der Waals surface area contributed by atoms with Crippen LogP contribution in [-0.4, -0.2) is 68.9 Å². The van der Waals surface area contributed by atoms with Crippen LogP contribution >= 0.6 is 0 Å². The van der Waals surface area contributed by atoms with Gasteiger partial charge in [-0.15, -0.1) is 0 Å².